The van der Waals surface area contributed by atoms with Gasteiger partial charge >= 0.3 is 0 Å². The molecule has 0 aromatic heterocycles. The van der Waals surface area contributed by atoms with Crippen LogP contribution in [0.2, 0.25) is 0 Å². The Hall–Kier alpha value is 0.140. The lowest BCUT2D eigenvalue weighted by Gasteiger charge is -2.09. The number of hydrogen-bond donors (Lipinski definition) is 1. The first-order valence-electron chi connectivity index (χ1n) is 3.89. The lowest BCUT2D eigenvalue weighted by atomic mass is 10.3. The van der Waals surface area contributed by atoms with Gasteiger partial charge in [-0.05, 0) is 19.3 Å². The van der Waals surface area contributed by atoms with Crippen LogP contribution in [0.15, 0.2) is 11.1 Å². The van der Waals surface area contributed by atoms with Gasteiger partial charge in [-0.3, -0.25) is 0 Å². The standard InChI is InChI=1S/C8H14BrNO/c1-6(9)5-11-8-3-2-7(10)4-8/h7-8H,1-5,10H2. The van der Waals surface area contributed by atoms with Crippen molar-refractivity contribution >= 4 is 15.9 Å². The van der Waals surface area contributed by atoms with Crippen LogP contribution in [0.4, 0.5) is 0 Å². The predicted molar refractivity (Wildman–Crippen MR) is 49.6 cm³/mol. The van der Waals surface area contributed by atoms with Crippen molar-refractivity contribution < 1.29 is 4.74 Å². The largest absolute Gasteiger partial charge is 0.373 e. The van der Waals surface area contributed by atoms with Gasteiger partial charge in [0.1, 0.15) is 0 Å². The molecule has 1 aliphatic carbocycles. The highest BCUT2D eigenvalue weighted by molar-refractivity contribution is 9.11. The lowest BCUT2D eigenvalue weighted by molar-refractivity contribution is 0.0780. The van der Waals surface area contributed by atoms with E-state index in [-0.39, 0.29) is 0 Å². The van der Waals surface area contributed by atoms with E-state index in [0.717, 1.165) is 23.7 Å². The molecule has 1 aliphatic rings. The molecule has 0 aliphatic heterocycles. The molecule has 0 aromatic rings. The molecular weight excluding hydrogens is 206 g/mol. The minimum Gasteiger partial charge on any atom is -0.373 e. The summed E-state index contributed by atoms with van der Waals surface area (Å²) in [6.45, 7) is 4.30. The third kappa shape index (κ3) is 3.36. The summed E-state index contributed by atoms with van der Waals surface area (Å²) in [6, 6.07) is 0.351. The van der Waals surface area contributed by atoms with Crippen LogP contribution in [-0.2, 0) is 4.74 Å². The zero-order valence-electron chi connectivity index (χ0n) is 6.55. The number of halogens is 1. The van der Waals surface area contributed by atoms with Crippen molar-refractivity contribution in [2.45, 2.75) is 31.4 Å². The smallest absolute Gasteiger partial charge is 0.0779 e. The molecule has 0 radical (unpaired) electrons. The fraction of sp³-hybridized carbons (Fsp3) is 0.750. The van der Waals surface area contributed by atoms with Gasteiger partial charge in [-0.25, -0.2) is 0 Å². The molecule has 0 heterocycles. The molecule has 2 atom stereocenters. The van der Waals surface area contributed by atoms with Crippen molar-refractivity contribution in [2.75, 3.05) is 6.61 Å². The Balaban J connectivity index is 2.13. The van der Waals surface area contributed by atoms with E-state index < -0.39 is 0 Å². The van der Waals surface area contributed by atoms with Crippen molar-refractivity contribution in [3.63, 3.8) is 0 Å². The second kappa shape index (κ2) is 4.24. The number of ether oxygens (including phenoxy) is 1. The Bertz CT molecular complexity index is 149. The monoisotopic (exact) mass is 219 g/mol. The van der Waals surface area contributed by atoms with Crippen molar-refractivity contribution in [2.24, 2.45) is 5.73 Å². The van der Waals surface area contributed by atoms with Crippen LogP contribution in [-0.4, -0.2) is 18.8 Å². The first kappa shape index (κ1) is 9.23. The lowest BCUT2D eigenvalue weighted by Crippen LogP contribution is -2.17. The molecule has 2 nitrogen and oxygen atoms in total. The van der Waals surface area contributed by atoms with Gasteiger partial charge in [-0.15, -0.1) is 0 Å². The Morgan fingerprint density at radius 3 is 2.82 bits per heavy atom. The summed E-state index contributed by atoms with van der Waals surface area (Å²) in [4.78, 5) is 0. The summed E-state index contributed by atoms with van der Waals surface area (Å²) in [6.07, 6.45) is 3.56. The van der Waals surface area contributed by atoms with E-state index in [1.807, 2.05) is 0 Å². The number of nitrogens with two attached hydrogens (primary N) is 1. The van der Waals surface area contributed by atoms with Crippen LogP contribution in [0.1, 0.15) is 19.3 Å². The van der Waals surface area contributed by atoms with E-state index >= 15 is 0 Å². The van der Waals surface area contributed by atoms with Gasteiger partial charge in [0.15, 0.2) is 0 Å². The Kier molecular flexibility index (Phi) is 3.55. The van der Waals surface area contributed by atoms with Gasteiger partial charge in [-0.1, -0.05) is 22.5 Å². The fourth-order valence-corrected chi connectivity index (χ4v) is 1.47. The van der Waals surface area contributed by atoms with Gasteiger partial charge in [-0.2, -0.15) is 0 Å². The summed E-state index contributed by atoms with van der Waals surface area (Å²) in [5.41, 5.74) is 5.72. The number of rotatable bonds is 3. The maximum Gasteiger partial charge on any atom is 0.0779 e. The third-order valence-corrected chi connectivity index (χ3v) is 2.13. The molecule has 2 N–H and O–H groups in total. The summed E-state index contributed by atoms with van der Waals surface area (Å²) in [7, 11) is 0. The van der Waals surface area contributed by atoms with Crippen LogP contribution >= 0.6 is 15.9 Å². The molecule has 0 saturated heterocycles. The third-order valence-electron chi connectivity index (χ3n) is 1.90. The topological polar surface area (TPSA) is 35.2 Å². The van der Waals surface area contributed by atoms with Gasteiger partial charge in [0.2, 0.25) is 0 Å². The molecule has 3 heteroatoms. The van der Waals surface area contributed by atoms with Gasteiger partial charge in [0.05, 0.1) is 12.7 Å². The Morgan fingerprint density at radius 2 is 2.36 bits per heavy atom. The summed E-state index contributed by atoms with van der Waals surface area (Å²) >= 11 is 3.25. The van der Waals surface area contributed by atoms with Gasteiger partial charge in [0.25, 0.3) is 0 Å². The highest BCUT2D eigenvalue weighted by atomic mass is 79.9. The van der Waals surface area contributed by atoms with Crippen molar-refractivity contribution in [1.82, 2.24) is 0 Å². The average molecular weight is 220 g/mol. The zero-order valence-corrected chi connectivity index (χ0v) is 8.14. The van der Waals surface area contributed by atoms with E-state index in [0.29, 0.717) is 18.8 Å². The van der Waals surface area contributed by atoms with Crippen LogP contribution in [0.25, 0.3) is 0 Å². The second-order valence-electron chi connectivity index (χ2n) is 3.02. The van der Waals surface area contributed by atoms with Crippen molar-refractivity contribution in [3.05, 3.63) is 11.1 Å². The highest BCUT2D eigenvalue weighted by Crippen LogP contribution is 2.21. The second-order valence-corrected chi connectivity index (χ2v) is 4.14. The quantitative estimate of drug-likeness (QED) is 0.786. The Labute approximate surface area is 75.9 Å². The molecule has 0 spiro atoms. The molecule has 2 unspecified atom stereocenters. The van der Waals surface area contributed by atoms with Crippen molar-refractivity contribution in [3.8, 4) is 0 Å². The first-order chi connectivity index (χ1) is 5.18. The maximum atomic E-state index is 5.72. The minimum atomic E-state index is 0.351. The van der Waals surface area contributed by atoms with Gasteiger partial charge < -0.3 is 10.5 Å². The normalized spacial score (nSPS) is 30.7. The maximum absolute atomic E-state index is 5.72. The van der Waals surface area contributed by atoms with Crippen LogP contribution in [0, 0.1) is 0 Å². The van der Waals surface area contributed by atoms with Crippen LogP contribution in [0.3, 0.4) is 0 Å². The minimum absolute atomic E-state index is 0.351. The van der Waals surface area contributed by atoms with E-state index in [4.69, 9.17) is 10.5 Å². The molecule has 0 aromatic carbocycles. The van der Waals surface area contributed by atoms with E-state index in [1.165, 1.54) is 0 Å². The number of hydrogen-bond acceptors (Lipinski definition) is 2. The predicted octanol–water partition coefficient (Wildman–Crippen LogP) is 1.79. The molecule has 0 bridgehead atoms. The average Bonchev–Trinajstić information content (AvgIpc) is 2.31. The van der Waals surface area contributed by atoms with Crippen LogP contribution in [0.5, 0.6) is 0 Å². The van der Waals surface area contributed by atoms with Crippen molar-refractivity contribution in [1.29, 1.82) is 0 Å². The summed E-state index contributed by atoms with van der Waals surface area (Å²) in [5.74, 6) is 0. The van der Waals surface area contributed by atoms with E-state index in [9.17, 15) is 0 Å². The van der Waals surface area contributed by atoms with E-state index in [2.05, 4.69) is 22.5 Å². The zero-order chi connectivity index (χ0) is 8.27. The van der Waals surface area contributed by atoms with E-state index in [1.54, 1.807) is 0 Å². The summed E-state index contributed by atoms with van der Waals surface area (Å²) in [5, 5.41) is 0. The molecule has 1 saturated carbocycles. The molecular formula is C8H14BrNO. The molecule has 11 heavy (non-hydrogen) atoms. The van der Waals surface area contributed by atoms with Crippen LogP contribution < -0.4 is 5.73 Å². The fourth-order valence-electron chi connectivity index (χ4n) is 1.33. The molecule has 1 fully saturated rings. The molecule has 1 rings (SSSR count). The molecule has 64 valence electrons. The molecule has 0 amide bonds. The Morgan fingerprint density at radius 1 is 1.64 bits per heavy atom. The first-order valence-corrected chi connectivity index (χ1v) is 4.68. The van der Waals surface area contributed by atoms with Gasteiger partial charge in [0, 0.05) is 10.5 Å². The SMILES string of the molecule is C=C(Br)COC1CCC(N)C1. The summed E-state index contributed by atoms with van der Waals surface area (Å²) < 4.78 is 6.41. The highest BCUT2D eigenvalue weighted by Gasteiger charge is 2.21.